The average molecular weight is 528 g/mol. The minimum atomic E-state index is -1.39. The second kappa shape index (κ2) is 11.1. The van der Waals surface area contributed by atoms with Gasteiger partial charge in [0, 0.05) is 30.2 Å². The summed E-state index contributed by atoms with van der Waals surface area (Å²) in [6.45, 7) is 12.2. The molecule has 0 saturated heterocycles. The second-order valence-electron chi connectivity index (χ2n) is 10.4. The summed E-state index contributed by atoms with van der Waals surface area (Å²) >= 11 is 7.00. The van der Waals surface area contributed by atoms with E-state index in [2.05, 4.69) is 12.2 Å². The van der Waals surface area contributed by atoms with Crippen molar-refractivity contribution in [3.05, 3.63) is 68.7 Å². The first-order chi connectivity index (χ1) is 17.4. The fourth-order valence-corrected chi connectivity index (χ4v) is 5.51. The van der Waals surface area contributed by atoms with Gasteiger partial charge in [-0.3, -0.25) is 9.59 Å². The maximum absolute atomic E-state index is 13.6. The number of aryl methyl sites for hydroxylation is 1. The molecule has 8 heteroatoms. The van der Waals surface area contributed by atoms with Gasteiger partial charge in [0.25, 0.3) is 5.91 Å². The van der Waals surface area contributed by atoms with Gasteiger partial charge in [-0.2, -0.15) is 0 Å². The molecule has 3 amide bonds. The molecule has 0 spiro atoms. The van der Waals surface area contributed by atoms with Crippen LogP contribution in [0.4, 0.5) is 4.79 Å². The van der Waals surface area contributed by atoms with Crippen LogP contribution in [0.3, 0.4) is 0 Å². The van der Waals surface area contributed by atoms with Crippen LogP contribution in [-0.2, 0) is 34.2 Å². The molecule has 2 aromatic carbocycles. The fraction of sp³-hybridized carbons (Fsp3) is 0.483. The first kappa shape index (κ1) is 28.5. The Bertz CT molecular complexity index is 1190. The van der Waals surface area contributed by atoms with Crippen LogP contribution in [0.1, 0.15) is 79.7 Å². The topological polar surface area (TPSA) is 102 Å². The average Bonchev–Trinajstić information content (AvgIpc) is 3.01. The van der Waals surface area contributed by atoms with Crippen molar-refractivity contribution in [2.75, 3.05) is 19.6 Å². The third-order valence-corrected chi connectivity index (χ3v) is 7.32. The quantitative estimate of drug-likeness (QED) is 0.564. The summed E-state index contributed by atoms with van der Waals surface area (Å²) in [7, 11) is 0. The number of fused-ring (bicyclic) bond motifs is 1. The summed E-state index contributed by atoms with van der Waals surface area (Å²) in [4.78, 5) is 40.8. The Labute approximate surface area is 224 Å². The number of carbonyl (C=O) groups excluding carboxylic acids is 3. The lowest BCUT2D eigenvalue weighted by Crippen LogP contribution is -2.52. The van der Waals surface area contributed by atoms with E-state index in [1.165, 1.54) is 0 Å². The first-order valence-electron chi connectivity index (χ1n) is 12.9. The van der Waals surface area contributed by atoms with Crippen molar-refractivity contribution in [3.63, 3.8) is 0 Å². The maximum Gasteiger partial charge on any atom is 0.410 e. The first-order valence-corrected chi connectivity index (χ1v) is 13.3. The molecule has 7 nitrogen and oxygen atoms in total. The van der Waals surface area contributed by atoms with Gasteiger partial charge >= 0.3 is 6.09 Å². The van der Waals surface area contributed by atoms with Crippen LogP contribution >= 0.6 is 11.6 Å². The van der Waals surface area contributed by atoms with E-state index in [4.69, 9.17) is 22.1 Å². The van der Waals surface area contributed by atoms with E-state index in [0.717, 1.165) is 29.5 Å². The normalized spacial score (nSPS) is 17.5. The lowest BCUT2D eigenvalue weighted by Gasteiger charge is -2.36. The zero-order valence-electron chi connectivity index (χ0n) is 22.7. The highest BCUT2D eigenvalue weighted by molar-refractivity contribution is 6.32. The number of ether oxygens (including phenoxy) is 1. The molecule has 1 heterocycles. The van der Waals surface area contributed by atoms with Crippen LogP contribution in [0.25, 0.3) is 0 Å². The number of nitrogens with zero attached hydrogens (tertiary/aromatic N) is 1. The molecule has 0 fully saturated rings. The molecule has 0 radical (unpaired) electrons. The van der Waals surface area contributed by atoms with Gasteiger partial charge in [0.15, 0.2) is 0 Å². The van der Waals surface area contributed by atoms with E-state index < -0.39 is 23.0 Å². The van der Waals surface area contributed by atoms with Crippen LogP contribution in [-0.4, -0.2) is 48.0 Å². The summed E-state index contributed by atoms with van der Waals surface area (Å²) in [6, 6.07) is 8.86. The molecule has 2 aromatic rings. The standard InChI is InChI=1S/C29H38ClN3O4/c1-7-18-16-23-22(24(30)21(18)8-2)14-15-33(27(36)37-28(4,5)6)17-29(23,26(31)35)20-12-10-19(11-13-20)25(34)32-9-3/h10-13,16H,7-9,14-15,17H2,1-6H3,(H2,31,35)(H,32,34). The fourth-order valence-electron chi connectivity index (χ4n) is 5.06. The Morgan fingerprint density at radius 1 is 1.11 bits per heavy atom. The highest BCUT2D eigenvalue weighted by atomic mass is 35.5. The van der Waals surface area contributed by atoms with Gasteiger partial charge in [0.05, 0.1) is 0 Å². The van der Waals surface area contributed by atoms with Crippen molar-refractivity contribution in [1.82, 2.24) is 10.2 Å². The molecule has 200 valence electrons. The molecule has 1 aliphatic heterocycles. The van der Waals surface area contributed by atoms with Gasteiger partial charge < -0.3 is 20.7 Å². The Hall–Kier alpha value is -3.06. The third kappa shape index (κ3) is 5.61. The SMILES string of the molecule is CCNC(=O)c1ccc(C2(C(N)=O)CN(C(=O)OC(C)(C)C)CCc3c2cc(CC)c(CC)c3Cl)cc1. The Balaban J connectivity index is 2.29. The van der Waals surface area contributed by atoms with Crippen molar-refractivity contribution in [3.8, 4) is 0 Å². The van der Waals surface area contributed by atoms with Gasteiger partial charge in [-0.1, -0.05) is 43.6 Å². The molecule has 0 bridgehead atoms. The van der Waals surface area contributed by atoms with Crippen LogP contribution in [0, 0.1) is 0 Å². The molecule has 0 aromatic heterocycles. The minimum Gasteiger partial charge on any atom is -0.444 e. The maximum atomic E-state index is 13.6. The van der Waals surface area contributed by atoms with Crippen molar-refractivity contribution < 1.29 is 19.1 Å². The molecular formula is C29H38ClN3O4. The smallest absolute Gasteiger partial charge is 0.410 e. The van der Waals surface area contributed by atoms with E-state index in [0.29, 0.717) is 41.2 Å². The predicted molar refractivity (Wildman–Crippen MR) is 146 cm³/mol. The number of hydrogen-bond acceptors (Lipinski definition) is 4. The number of nitrogens with one attached hydrogen (secondary N) is 1. The molecule has 1 unspecified atom stereocenters. The molecule has 37 heavy (non-hydrogen) atoms. The summed E-state index contributed by atoms with van der Waals surface area (Å²) in [5, 5.41) is 3.40. The second-order valence-corrected chi connectivity index (χ2v) is 10.8. The summed E-state index contributed by atoms with van der Waals surface area (Å²) in [6.07, 6.45) is 1.41. The van der Waals surface area contributed by atoms with Gasteiger partial charge in [0.2, 0.25) is 5.91 Å². The lowest BCUT2D eigenvalue weighted by molar-refractivity contribution is -0.122. The van der Waals surface area contributed by atoms with Crippen molar-refractivity contribution in [2.24, 2.45) is 5.73 Å². The van der Waals surface area contributed by atoms with Gasteiger partial charge in [0.1, 0.15) is 11.0 Å². The van der Waals surface area contributed by atoms with E-state index in [1.54, 1.807) is 49.9 Å². The molecule has 1 atom stereocenters. The van der Waals surface area contributed by atoms with E-state index >= 15 is 0 Å². The molecule has 0 saturated carbocycles. The van der Waals surface area contributed by atoms with Crippen LogP contribution in [0.2, 0.25) is 5.02 Å². The van der Waals surface area contributed by atoms with E-state index in [9.17, 15) is 14.4 Å². The number of carbonyl (C=O) groups is 3. The molecule has 3 N–H and O–H groups in total. The van der Waals surface area contributed by atoms with Gasteiger partial charge in [-0.05, 0) is 86.9 Å². The number of benzene rings is 2. The molecule has 0 aliphatic carbocycles. The number of rotatable bonds is 6. The highest BCUT2D eigenvalue weighted by Gasteiger charge is 2.47. The van der Waals surface area contributed by atoms with Crippen LogP contribution < -0.4 is 11.1 Å². The molecule has 3 rings (SSSR count). The van der Waals surface area contributed by atoms with Crippen molar-refractivity contribution in [2.45, 2.75) is 71.8 Å². The van der Waals surface area contributed by atoms with E-state index in [1.807, 2.05) is 19.9 Å². The van der Waals surface area contributed by atoms with Crippen LogP contribution in [0.5, 0.6) is 0 Å². The summed E-state index contributed by atoms with van der Waals surface area (Å²) < 4.78 is 5.69. The van der Waals surface area contributed by atoms with Crippen molar-refractivity contribution >= 4 is 29.5 Å². The lowest BCUT2D eigenvalue weighted by atomic mass is 9.70. The van der Waals surface area contributed by atoms with Crippen molar-refractivity contribution in [1.29, 1.82) is 0 Å². The van der Waals surface area contributed by atoms with Gasteiger partial charge in [-0.25, -0.2) is 4.79 Å². The number of hydrogen-bond donors (Lipinski definition) is 2. The largest absolute Gasteiger partial charge is 0.444 e. The van der Waals surface area contributed by atoms with E-state index in [-0.39, 0.29) is 12.5 Å². The summed E-state index contributed by atoms with van der Waals surface area (Å²) in [5.41, 5.74) is 8.79. The Kier molecular flexibility index (Phi) is 8.58. The number of primary amides is 1. The number of nitrogens with two attached hydrogens (primary N) is 1. The Morgan fingerprint density at radius 3 is 2.27 bits per heavy atom. The Morgan fingerprint density at radius 2 is 1.76 bits per heavy atom. The number of halogens is 1. The van der Waals surface area contributed by atoms with Gasteiger partial charge in [-0.15, -0.1) is 0 Å². The predicted octanol–water partition coefficient (Wildman–Crippen LogP) is 4.78. The highest BCUT2D eigenvalue weighted by Crippen LogP contribution is 2.43. The monoisotopic (exact) mass is 527 g/mol. The zero-order chi connectivity index (χ0) is 27.5. The van der Waals surface area contributed by atoms with Crippen LogP contribution in [0.15, 0.2) is 30.3 Å². The molecular weight excluding hydrogens is 490 g/mol. The molecule has 1 aliphatic rings. The summed E-state index contributed by atoms with van der Waals surface area (Å²) in [5.74, 6) is -0.805. The third-order valence-electron chi connectivity index (χ3n) is 6.86. The zero-order valence-corrected chi connectivity index (χ0v) is 23.4. The number of amides is 3. The minimum absolute atomic E-state index is 0.00426.